The molecule has 0 aliphatic carbocycles. The largest absolute Gasteiger partial charge is 0.497 e. The molecule has 0 fully saturated rings. The van der Waals surface area contributed by atoms with E-state index in [1.54, 1.807) is 25.3 Å². The zero-order chi connectivity index (χ0) is 17.7. The lowest BCUT2D eigenvalue weighted by Crippen LogP contribution is -2.13. The zero-order valence-electron chi connectivity index (χ0n) is 13.9. The first-order valence-corrected chi connectivity index (χ1v) is 7.51. The van der Waals surface area contributed by atoms with Gasteiger partial charge in [0.1, 0.15) is 17.3 Å². The number of para-hydroxylation sites is 1. The molecule has 0 spiro atoms. The highest BCUT2D eigenvalue weighted by Crippen LogP contribution is 2.37. The Kier molecular flexibility index (Phi) is 5.58. The van der Waals surface area contributed by atoms with Crippen LogP contribution in [0.15, 0.2) is 42.5 Å². The van der Waals surface area contributed by atoms with E-state index in [1.807, 2.05) is 18.2 Å². The maximum Gasteiger partial charge on any atom is 0.335 e. The second-order valence-corrected chi connectivity index (χ2v) is 5.46. The number of carbonyl (C=O) groups excluding carboxylic acids is 1. The summed E-state index contributed by atoms with van der Waals surface area (Å²) in [6.45, 7) is 1.49. The van der Waals surface area contributed by atoms with E-state index in [0.717, 1.165) is 5.56 Å². The maximum absolute atomic E-state index is 11.8. The van der Waals surface area contributed by atoms with Crippen LogP contribution in [0, 0.1) is 0 Å². The Labute approximate surface area is 140 Å². The molecule has 2 aromatic carbocycles. The van der Waals surface area contributed by atoms with Crippen molar-refractivity contribution in [2.75, 3.05) is 14.2 Å². The number of carbonyl (C=O) groups is 2. The minimum absolute atomic E-state index is 0.0370. The lowest BCUT2D eigenvalue weighted by molar-refractivity contribution is -0.117. The van der Waals surface area contributed by atoms with Crippen molar-refractivity contribution in [1.82, 2.24) is 0 Å². The lowest BCUT2D eigenvalue weighted by atomic mass is 9.84. The minimum Gasteiger partial charge on any atom is -0.497 e. The number of ketones is 1. The smallest absolute Gasteiger partial charge is 0.335 e. The van der Waals surface area contributed by atoms with E-state index in [0.29, 0.717) is 17.1 Å². The Morgan fingerprint density at radius 2 is 1.75 bits per heavy atom. The third kappa shape index (κ3) is 3.74. The van der Waals surface area contributed by atoms with Gasteiger partial charge in [-0.15, -0.1) is 0 Å². The molecule has 1 unspecified atom stereocenters. The molecule has 0 aliphatic heterocycles. The molecule has 0 aromatic heterocycles. The molecule has 0 radical (unpaired) electrons. The Morgan fingerprint density at radius 3 is 2.33 bits per heavy atom. The van der Waals surface area contributed by atoms with Crippen LogP contribution in [0.25, 0.3) is 0 Å². The number of hydrogen-bond acceptors (Lipinski definition) is 4. The van der Waals surface area contributed by atoms with E-state index in [1.165, 1.54) is 20.1 Å². The van der Waals surface area contributed by atoms with Crippen LogP contribution in [0.4, 0.5) is 0 Å². The number of aromatic carboxylic acids is 1. The second kappa shape index (κ2) is 7.64. The number of hydrogen-bond donors (Lipinski definition) is 1. The number of Topliss-reactive ketones (excluding diaryl/α,β-unsaturated/α-hetero) is 1. The van der Waals surface area contributed by atoms with Crippen LogP contribution < -0.4 is 9.47 Å². The molecule has 0 saturated carbocycles. The van der Waals surface area contributed by atoms with Crippen LogP contribution in [0.3, 0.4) is 0 Å². The Hall–Kier alpha value is -2.82. The summed E-state index contributed by atoms with van der Waals surface area (Å²) in [6, 6.07) is 12.1. The number of carboxylic acid groups (broad SMARTS) is 1. The summed E-state index contributed by atoms with van der Waals surface area (Å²) >= 11 is 0. The van der Waals surface area contributed by atoms with Crippen molar-refractivity contribution in [3.05, 3.63) is 59.2 Å². The Bertz CT molecular complexity index is 751. The molecule has 5 heteroatoms. The van der Waals surface area contributed by atoms with Crippen molar-refractivity contribution < 1.29 is 24.2 Å². The summed E-state index contributed by atoms with van der Waals surface area (Å²) < 4.78 is 10.6. The van der Waals surface area contributed by atoms with Gasteiger partial charge in [0.05, 0.1) is 19.8 Å². The first kappa shape index (κ1) is 17.5. The van der Waals surface area contributed by atoms with Crippen LogP contribution >= 0.6 is 0 Å². The van der Waals surface area contributed by atoms with Crippen LogP contribution in [-0.2, 0) is 4.79 Å². The molecule has 2 rings (SSSR count). The molecule has 2 aromatic rings. The highest BCUT2D eigenvalue weighted by molar-refractivity contribution is 5.90. The van der Waals surface area contributed by atoms with Gasteiger partial charge in [0.15, 0.2) is 0 Å². The van der Waals surface area contributed by atoms with Gasteiger partial charge in [-0.3, -0.25) is 4.79 Å². The Balaban J connectivity index is 2.68. The molecule has 0 amide bonds. The van der Waals surface area contributed by atoms with E-state index in [9.17, 15) is 14.7 Å². The molecule has 24 heavy (non-hydrogen) atoms. The van der Waals surface area contributed by atoms with Gasteiger partial charge < -0.3 is 14.6 Å². The molecule has 0 saturated heterocycles. The first-order chi connectivity index (χ1) is 11.5. The topological polar surface area (TPSA) is 72.8 Å². The van der Waals surface area contributed by atoms with Gasteiger partial charge in [-0.05, 0) is 36.8 Å². The van der Waals surface area contributed by atoms with Gasteiger partial charge in [0, 0.05) is 17.9 Å². The van der Waals surface area contributed by atoms with Crippen LogP contribution in [0.1, 0.15) is 40.7 Å². The number of rotatable bonds is 7. The van der Waals surface area contributed by atoms with Crippen molar-refractivity contribution in [2.45, 2.75) is 19.3 Å². The maximum atomic E-state index is 11.8. The fraction of sp³-hybridized carbons (Fsp3) is 0.263. The standard InChI is InChI=1S/C19H20O5/c1-12(20)10-16(14-6-4-5-7-18(14)24-3)17-11-13(23-2)8-9-15(17)19(21)22/h4-9,11,16H,10H2,1-3H3,(H,21,22). The molecule has 1 atom stereocenters. The molecular weight excluding hydrogens is 308 g/mol. The number of ether oxygens (including phenoxy) is 2. The van der Waals surface area contributed by atoms with Crippen molar-refractivity contribution >= 4 is 11.8 Å². The van der Waals surface area contributed by atoms with Crippen molar-refractivity contribution in [3.8, 4) is 11.5 Å². The van der Waals surface area contributed by atoms with Gasteiger partial charge in [-0.1, -0.05) is 18.2 Å². The number of methoxy groups -OCH3 is 2. The van der Waals surface area contributed by atoms with E-state index >= 15 is 0 Å². The average molecular weight is 328 g/mol. The zero-order valence-corrected chi connectivity index (χ0v) is 13.9. The molecule has 0 heterocycles. The molecule has 5 nitrogen and oxygen atoms in total. The van der Waals surface area contributed by atoms with Crippen LogP contribution in [0.5, 0.6) is 11.5 Å². The summed E-state index contributed by atoms with van der Waals surface area (Å²) in [6.07, 6.45) is 0.174. The van der Waals surface area contributed by atoms with Gasteiger partial charge in [0.2, 0.25) is 0 Å². The second-order valence-electron chi connectivity index (χ2n) is 5.46. The van der Waals surface area contributed by atoms with Gasteiger partial charge in [-0.2, -0.15) is 0 Å². The predicted octanol–water partition coefficient (Wildman–Crippen LogP) is 3.51. The van der Waals surface area contributed by atoms with E-state index in [2.05, 4.69) is 0 Å². The van der Waals surface area contributed by atoms with E-state index in [4.69, 9.17) is 9.47 Å². The van der Waals surface area contributed by atoms with Crippen LogP contribution in [0.2, 0.25) is 0 Å². The van der Waals surface area contributed by atoms with E-state index < -0.39 is 11.9 Å². The fourth-order valence-corrected chi connectivity index (χ4v) is 2.78. The minimum atomic E-state index is -1.05. The van der Waals surface area contributed by atoms with Gasteiger partial charge >= 0.3 is 5.97 Å². The summed E-state index contributed by atoms with van der Waals surface area (Å²) in [5, 5.41) is 9.53. The van der Waals surface area contributed by atoms with Crippen molar-refractivity contribution in [3.63, 3.8) is 0 Å². The average Bonchev–Trinajstić information content (AvgIpc) is 2.58. The van der Waals surface area contributed by atoms with Gasteiger partial charge in [0.25, 0.3) is 0 Å². The monoisotopic (exact) mass is 328 g/mol. The third-order valence-electron chi connectivity index (χ3n) is 3.87. The SMILES string of the molecule is COc1ccc(C(=O)O)c(C(CC(C)=O)c2ccccc2OC)c1. The lowest BCUT2D eigenvalue weighted by Gasteiger charge is -2.21. The Morgan fingerprint density at radius 1 is 1.04 bits per heavy atom. The normalized spacial score (nSPS) is 11.6. The van der Waals surface area contributed by atoms with Crippen LogP contribution in [-0.4, -0.2) is 31.1 Å². The number of carboxylic acids is 1. The summed E-state index contributed by atoms with van der Waals surface area (Å²) in [4.78, 5) is 23.5. The fourth-order valence-electron chi connectivity index (χ4n) is 2.78. The quantitative estimate of drug-likeness (QED) is 0.842. The highest BCUT2D eigenvalue weighted by atomic mass is 16.5. The molecule has 126 valence electrons. The predicted molar refractivity (Wildman–Crippen MR) is 90.1 cm³/mol. The van der Waals surface area contributed by atoms with Gasteiger partial charge in [-0.25, -0.2) is 4.79 Å². The molecular formula is C19H20O5. The third-order valence-corrected chi connectivity index (χ3v) is 3.87. The molecule has 0 bridgehead atoms. The first-order valence-electron chi connectivity index (χ1n) is 7.51. The van der Waals surface area contributed by atoms with Crippen molar-refractivity contribution in [1.29, 1.82) is 0 Å². The highest BCUT2D eigenvalue weighted by Gasteiger charge is 2.25. The molecule has 0 aliphatic rings. The number of benzene rings is 2. The van der Waals surface area contributed by atoms with Crippen molar-refractivity contribution in [2.24, 2.45) is 0 Å². The molecule has 1 N–H and O–H groups in total. The summed E-state index contributed by atoms with van der Waals surface area (Å²) in [7, 11) is 3.07. The van der Waals surface area contributed by atoms with E-state index in [-0.39, 0.29) is 17.8 Å². The summed E-state index contributed by atoms with van der Waals surface area (Å²) in [5.41, 5.74) is 1.44. The summed E-state index contributed by atoms with van der Waals surface area (Å²) in [5.74, 6) is -0.359.